The summed E-state index contributed by atoms with van der Waals surface area (Å²) in [7, 11) is 0. The number of carbonyl (C=O) groups is 1. The Bertz CT molecular complexity index is 254. The second-order valence-corrected chi connectivity index (χ2v) is 2.68. The van der Waals surface area contributed by atoms with Gasteiger partial charge < -0.3 is 4.74 Å². The molecule has 13 heavy (non-hydrogen) atoms. The van der Waals surface area contributed by atoms with Crippen molar-refractivity contribution in [3.05, 3.63) is 36.6 Å². The number of hydrogen-bond acceptors (Lipinski definition) is 2. The summed E-state index contributed by atoms with van der Waals surface area (Å²) in [6.07, 6.45) is 9.05. The first-order chi connectivity index (χ1) is 6.33. The Kier molecular flexibility index (Phi) is 3.82. The predicted molar refractivity (Wildman–Crippen MR) is 51.1 cm³/mol. The molecule has 0 saturated heterocycles. The highest BCUT2D eigenvalue weighted by Crippen LogP contribution is 2.09. The van der Waals surface area contributed by atoms with Crippen LogP contribution < -0.4 is 5.32 Å². The molecule has 0 spiro atoms. The lowest BCUT2D eigenvalue weighted by atomic mass is 10.1. The van der Waals surface area contributed by atoms with Crippen LogP contribution >= 0.6 is 0 Å². The van der Waals surface area contributed by atoms with Gasteiger partial charge in [0.15, 0.2) is 0 Å². The maximum absolute atomic E-state index is 10.8. The minimum atomic E-state index is -0.463. The van der Waals surface area contributed by atoms with Gasteiger partial charge in [0.2, 0.25) is 0 Å². The zero-order valence-corrected chi connectivity index (χ0v) is 7.45. The Morgan fingerprint density at radius 2 is 2.54 bits per heavy atom. The highest BCUT2D eigenvalue weighted by Gasteiger charge is 2.01. The Morgan fingerprint density at radius 1 is 1.69 bits per heavy atom. The van der Waals surface area contributed by atoms with Crippen molar-refractivity contribution >= 4 is 6.09 Å². The summed E-state index contributed by atoms with van der Waals surface area (Å²) in [5.41, 5.74) is 1.05. The smallest absolute Gasteiger partial charge is 0.411 e. The van der Waals surface area contributed by atoms with E-state index in [1.54, 1.807) is 0 Å². The summed E-state index contributed by atoms with van der Waals surface area (Å²) < 4.78 is 4.88. The number of ether oxygens (including phenoxy) is 1. The molecule has 0 fully saturated rings. The molecule has 1 rings (SSSR count). The Hall–Kier alpha value is -1.51. The quantitative estimate of drug-likeness (QED) is 0.720. The zero-order chi connectivity index (χ0) is 9.52. The highest BCUT2D eigenvalue weighted by atomic mass is 16.5. The fraction of sp³-hybridized carbons (Fsp3) is 0.300. The SMILES string of the molecule is C=CNC(=O)OCC1=CCCC=C1. The van der Waals surface area contributed by atoms with Crippen LogP contribution in [0.25, 0.3) is 0 Å². The zero-order valence-electron chi connectivity index (χ0n) is 7.45. The lowest BCUT2D eigenvalue weighted by Crippen LogP contribution is -2.19. The largest absolute Gasteiger partial charge is 0.444 e. The summed E-state index contributed by atoms with van der Waals surface area (Å²) in [6, 6.07) is 0. The van der Waals surface area contributed by atoms with Crippen molar-refractivity contribution in [2.45, 2.75) is 12.8 Å². The molecule has 0 aromatic heterocycles. The molecule has 70 valence electrons. The third kappa shape index (κ3) is 3.60. The predicted octanol–water partition coefficient (Wildman–Crippen LogP) is 2.13. The van der Waals surface area contributed by atoms with Crippen LogP contribution in [0, 0.1) is 0 Å². The third-order valence-corrected chi connectivity index (χ3v) is 1.66. The molecule has 0 unspecified atom stereocenters. The first-order valence-electron chi connectivity index (χ1n) is 4.22. The van der Waals surface area contributed by atoms with E-state index in [0.717, 1.165) is 18.4 Å². The molecule has 1 aliphatic rings. The Balaban J connectivity index is 2.25. The van der Waals surface area contributed by atoms with Crippen molar-refractivity contribution in [3.63, 3.8) is 0 Å². The van der Waals surface area contributed by atoms with Crippen molar-refractivity contribution in [1.29, 1.82) is 0 Å². The number of hydrogen-bond donors (Lipinski definition) is 1. The van der Waals surface area contributed by atoms with Crippen molar-refractivity contribution in [2.24, 2.45) is 0 Å². The minimum Gasteiger partial charge on any atom is -0.444 e. The first kappa shape index (κ1) is 9.58. The number of alkyl carbamates (subject to hydrolysis) is 1. The lowest BCUT2D eigenvalue weighted by molar-refractivity contribution is 0.160. The van der Waals surface area contributed by atoms with E-state index in [1.807, 2.05) is 6.08 Å². The summed E-state index contributed by atoms with van der Waals surface area (Å²) in [6.45, 7) is 3.68. The van der Waals surface area contributed by atoms with E-state index < -0.39 is 6.09 Å². The number of nitrogens with one attached hydrogen (secondary N) is 1. The van der Waals surface area contributed by atoms with Gasteiger partial charge in [-0.1, -0.05) is 24.8 Å². The summed E-state index contributed by atoms with van der Waals surface area (Å²) in [5, 5.41) is 2.34. The van der Waals surface area contributed by atoms with Crippen molar-refractivity contribution < 1.29 is 9.53 Å². The molecule has 3 nitrogen and oxygen atoms in total. The van der Waals surface area contributed by atoms with Crippen molar-refractivity contribution in [3.8, 4) is 0 Å². The summed E-state index contributed by atoms with van der Waals surface area (Å²) >= 11 is 0. The minimum absolute atomic E-state index is 0.330. The molecule has 0 aliphatic heterocycles. The van der Waals surface area contributed by atoms with E-state index in [1.165, 1.54) is 6.20 Å². The molecule has 0 bridgehead atoms. The number of amides is 1. The Morgan fingerprint density at radius 3 is 3.15 bits per heavy atom. The lowest BCUT2D eigenvalue weighted by Gasteiger charge is -2.07. The molecular formula is C10H13NO2. The molecule has 0 heterocycles. The van der Waals surface area contributed by atoms with Crippen LogP contribution in [0.2, 0.25) is 0 Å². The standard InChI is InChI=1S/C10H13NO2/c1-2-11-10(12)13-8-9-6-4-3-5-7-9/h2,4,6-7H,1,3,5,8H2,(H,11,12). The van der Waals surface area contributed by atoms with Gasteiger partial charge in [-0.3, -0.25) is 5.32 Å². The fourth-order valence-electron chi connectivity index (χ4n) is 1.05. The number of allylic oxidation sites excluding steroid dienone is 2. The van der Waals surface area contributed by atoms with Gasteiger partial charge >= 0.3 is 6.09 Å². The van der Waals surface area contributed by atoms with Crippen molar-refractivity contribution in [2.75, 3.05) is 6.61 Å². The molecule has 1 N–H and O–H groups in total. The van der Waals surface area contributed by atoms with Gasteiger partial charge in [-0.2, -0.15) is 0 Å². The topological polar surface area (TPSA) is 38.3 Å². The van der Waals surface area contributed by atoms with Crippen LogP contribution in [0.5, 0.6) is 0 Å². The highest BCUT2D eigenvalue weighted by molar-refractivity contribution is 5.68. The molecule has 0 aromatic carbocycles. The van der Waals surface area contributed by atoms with E-state index in [-0.39, 0.29) is 0 Å². The van der Waals surface area contributed by atoms with Gasteiger partial charge in [-0.25, -0.2) is 4.79 Å². The van der Waals surface area contributed by atoms with Crippen LogP contribution in [0.15, 0.2) is 36.6 Å². The molecule has 0 saturated carbocycles. The van der Waals surface area contributed by atoms with E-state index in [9.17, 15) is 4.79 Å². The van der Waals surface area contributed by atoms with E-state index in [4.69, 9.17) is 4.74 Å². The number of rotatable bonds is 3. The monoisotopic (exact) mass is 179 g/mol. The first-order valence-corrected chi connectivity index (χ1v) is 4.22. The third-order valence-electron chi connectivity index (χ3n) is 1.66. The number of carbonyl (C=O) groups excluding carboxylic acids is 1. The van der Waals surface area contributed by atoms with Gasteiger partial charge in [0.05, 0.1) is 0 Å². The average molecular weight is 179 g/mol. The summed E-state index contributed by atoms with van der Waals surface area (Å²) in [5.74, 6) is 0. The Labute approximate surface area is 77.8 Å². The van der Waals surface area contributed by atoms with E-state index in [2.05, 4.69) is 24.0 Å². The van der Waals surface area contributed by atoms with Gasteiger partial charge in [0.25, 0.3) is 0 Å². The van der Waals surface area contributed by atoms with Gasteiger partial charge in [0, 0.05) is 0 Å². The van der Waals surface area contributed by atoms with Gasteiger partial charge in [-0.05, 0) is 24.6 Å². The summed E-state index contributed by atoms with van der Waals surface area (Å²) in [4.78, 5) is 10.8. The van der Waals surface area contributed by atoms with E-state index in [0.29, 0.717) is 6.61 Å². The van der Waals surface area contributed by atoms with Gasteiger partial charge in [-0.15, -0.1) is 0 Å². The van der Waals surface area contributed by atoms with Crippen LogP contribution in [-0.4, -0.2) is 12.7 Å². The van der Waals surface area contributed by atoms with Crippen molar-refractivity contribution in [1.82, 2.24) is 5.32 Å². The molecular weight excluding hydrogens is 166 g/mol. The maximum atomic E-state index is 10.8. The second kappa shape index (κ2) is 5.19. The normalized spacial score (nSPS) is 14.6. The molecule has 0 aromatic rings. The van der Waals surface area contributed by atoms with Gasteiger partial charge in [0.1, 0.15) is 6.61 Å². The second-order valence-electron chi connectivity index (χ2n) is 2.68. The average Bonchev–Trinajstić information content (AvgIpc) is 2.17. The van der Waals surface area contributed by atoms with Crippen LogP contribution in [-0.2, 0) is 4.74 Å². The molecule has 1 amide bonds. The molecule has 3 heteroatoms. The fourth-order valence-corrected chi connectivity index (χ4v) is 1.05. The molecule has 1 aliphatic carbocycles. The van der Waals surface area contributed by atoms with Crippen LogP contribution in [0.1, 0.15) is 12.8 Å². The molecule has 0 radical (unpaired) electrons. The maximum Gasteiger partial charge on any atom is 0.411 e. The van der Waals surface area contributed by atoms with E-state index >= 15 is 0 Å². The van der Waals surface area contributed by atoms with Crippen LogP contribution in [0.3, 0.4) is 0 Å². The van der Waals surface area contributed by atoms with Crippen LogP contribution in [0.4, 0.5) is 4.79 Å². The molecule has 0 atom stereocenters.